The number of aryl methyl sites for hydroxylation is 1. The van der Waals surface area contributed by atoms with Crippen LogP contribution in [0.1, 0.15) is 42.1 Å². The first-order valence-electron chi connectivity index (χ1n) is 6.66. The molecule has 0 aromatic heterocycles. The van der Waals surface area contributed by atoms with Gasteiger partial charge in [0.2, 0.25) is 0 Å². The SMILES string of the molecule is Cc1ccccc1C(=O)N1CCCCC1(C)CN. The molecular formula is C15H22N2O. The quantitative estimate of drug-likeness (QED) is 0.870. The minimum absolute atomic E-state index is 0.126. The predicted molar refractivity (Wildman–Crippen MR) is 73.5 cm³/mol. The lowest BCUT2D eigenvalue weighted by atomic mass is 9.87. The van der Waals surface area contributed by atoms with Crippen molar-refractivity contribution in [1.29, 1.82) is 0 Å². The van der Waals surface area contributed by atoms with Crippen LogP contribution in [0.2, 0.25) is 0 Å². The first-order valence-corrected chi connectivity index (χ1v) is 6.66. The van der Waals surface area contributed by atoms with Gasteiger partial charge in [-0.1, -0.05) is 18.2 Å². The number of piperidine rings is 1. The minimum Gasteiger partial charge on any atom is -0.332 e. The number of likely N-dealkylation sites (tertiary alicyclic amines) is 1. The van der Waals surface area contributed by atoms with E-state index in [1.54, 1.807) is 0 Å². The van der Waals surface area contributed by atoms with Crippen molar-refractivity contribution in [3.63, 3.8) is 0 Å². The Bertz CT molecular complexity index is 444. The van der Waals surface area contributed by atoms with Gasteiger partial charge in [-0.25, -0.2) is 0 Å². The van der Waals surface area contributed by atoms with E-state index in [0.29, 0.717) is 6.54 Å². The lowest BCUT2D eigenvalue weighted by Crippen LogP contribution is -2.56. The molecule has 0 spiro atoms. The third-order valence-corrected chi connectivity index (χ3v) is 4.06. The molecule has 0 aliphatic carbocycles. The summed E-state index contributed by atoms with van der Waals surface area (Å²) >= 11 is 0. The smallest absolute Gasteiger partial charge is 0.254 e. The van der Waals surface area contributed by atoms with Crippen molar-refractivity contribution >= 4 is 5.91 Å². The molecule has 1 fully saturated rings. The molecule has 1 aromatic carbocycles. The summed E-state index contributed by atoms with van der Waals surface area (Å²) in [5, 5.41) is 0. The number of benzene rings is 1. The van der Waals surface area contributed by atoms with E-state index in [1.807, 2.05) is 36.1 Å². The molecule has 3 nitrogen and oxygen atoms in total. The van der Waals surface area contributed by atoms with E-state index in [1.165, 1.54) is 0 Å². The molecule has 1 heterocycles. The Hall–Kier alpha value is -1.35. The standard InChI is InChI=1S/C15H22N2O/c1-12-7-3-4-8-13(12)14(18)17-10-6-5-9-15(17,2)11-16/h3-4,7-8H,5-6,9-11,16H2,1-2H3. The average Bonchev–Trinajstić information content (AvgIpc) is 2.39. The second-order valence-corrected chi connectivity index (χ2v) is 5.43. The van der Waals surface area contributed by atoms with Crippen LogP contribution < -0.4 is 5.73 Å². The monoisotopic (exact) mass is 246 g/mol. The summed E-state index contributed by atoms with van der Waals surface area (Å²) in [4.78, 5) is 14.6. The van der Waals surface area contributed by atoms with E-state index in [4.69, 9.17) is 5.73 Å². The van der Waals surface area contributed by atoms with Crippen molar-refractivity contribution in [2.24, 2.45) is 5.73 Å². The topological polar surface area (TPSA) is 46.3 Å². The van der Waals surface area contributed by atoms with Crippen LogP contribution in [0, 0.1) is 6.92 Å². The van der Waals surface area contributed by atoms with E-state index in [0.717, 1.165) is 36.9 Å². The Balaban J connectivity index is 2.30. The summed E-state index contributed by atoms with van der Waals surface area (Å²) in [6.45, 7) is 5.44. The summed E-state index contributed by atoms with van der Waals surface area (Å²) in [6, 6.07) is 7.77. The molecule has 1 aromatic rings. The zero-order valence-electron chi connectivity index (χ0n) is 11.3. The molecular weight excluding hydrogens is 224 g/mol. The van der Waals surface area contributed by atoms with Gasteiger partial charge in [0, 0.05) is 18.7 Å². The van der Waals surface area contributed by atoms with E-state index >= 15 is 0 Å². The van der Waals surface area contributed by atoms with E-state index in [9.17, 15) is 4.79 Å². The number of nitrogens with zero attached hydrogens (tertiary/aromatic N) is 1. The van der Waals surface area contributed by atoms with Gasteiger partial charge >= 0.3 is 0 Å². The number of carbonyl (C=O) groups is 1. The summed E-state index contributed by atoms with van der Waals surface area (Å²) in [6.07, 6.45) is 3.24. The van der Waals surface area contributed by atoms with Gasteiger partial charge in [-0.15, -0.1) is 0 Å². The number of rotatable bonds is 2. The Labute approximate surface area is 109 Å². The normalized spacial score (nSPS) is 24.1. The zero-order valence-corrected chi connectivity index (χ0v) is 11.3. The van der Waals surface area contributed by atoms with Gasteiger partial charge in [0.25, 0.3) is 5.91 Å². The summed E-state index contributed by atoms with van der Waals surface area (Å²) < 4.78 is 0. The van der Waals surface area contributed by atoms with Crippen LogP contribution in [0.25, 0.3) is 0 Å². The van der Waals surface area contributed by atoms with E-state index in [2.05, 4.69) is 6.92 Å². The molecule has 2 rings (SSSR count). The molecule has 98 valence electrons. The van der Waals surface area contributed by atoms with Crippen molar-refractivity contribution in [3.05, 3.63) is 35.4 Å². The van der Waals surface area contributed by atoms with Gasteiger partial charge in [0.15, 0.2) is 0 Å². The van der Waals surface area contributed by atoms with Crippen LogP contribution in [-0.2, 0) is 0 Å². The zero-order chi connectivity index (χ0) is 13.2. The molecule has 0 bridgehead atoms. The largest absolute Gasteiger partial charge is 0.332 e. The maximum atomic E-state index is 12.7. The van der Waals surface area contributed by atoms with Gasteiger partial charge < -0.3 is 10.6 Å². The molecule has 1 aliphatic rings. The highest BCUT2D eigenvalue weighted by molar-refractivity contribution is 5.96. The van der Waals surface area contributed by atoms with E-state index < -0.39 is 0 Å². The highest BCUT2D eigenvalue weighted by Crippen LogP contribution is 2.29. The molecule has 1 saturated heterocycles. The van der Waals surface area contributed by atoms with Gasteiger partial charge in [-0.3, -0.25) is 4.79 Å². The van der Waals surface area contributed by atoms with Crippen molar-refractivity contribution in [3.8, 4) is 0 Å². The second-order valence-electron chi connectivity index (χ2n) is 5.43. The van der Waals surface area contributed by atoms with Crippen molar-refractivity contribution in [2.75, 3.05) is 13.1 Å². The molecule has 1 unspecified atom stereocenters. The number of hydrogen-bond donors (Lipinski definition) is 1. The van der Waals surface area contributed by atoms with Crippen LogP contribution in [0.3, 0.4) is 0 Å². The third-order valence-electron chi connectivity index (χ3n) is 4.06. The Kier molecular flexibility index (Phi) is 3.71. The highest BCUT2D eigenvalue weighted by Gasteiger charge is 2.36. The van der Waals surface area contributed by atoms with Gasteiger partial charge in [-0.2, -0.15) is 0 Å². The van der Waals surface area contributed by atoms with E-state index in [-0.39, 0.29) is 11.4 Å². The summed E-state index contributed by atoms with van der Waals surface area (Å²) in [5.74, 6) is 0.126. The van der Waals surface area contributed by atoms with Crippen LogP contribution in [0.4, 0.5) is 0 Å². The Morgan fingerprint density at radius 3 is 2.78 bits per heavy atom. The van der Waals surface area contributed by atoms with Gasteiger partial charge in [-0.05, 0) is 44.7 Å². The number of carbonyl (C=O) groups excluding carboxylic acids is 1. The third kappa shape index (κ3) is 2.27. The first-order chi connectivity index (χ1) is 8.58. The summed E-state index contributed by atoms with van der Waals surface area (Å²) in [5.41, 5.74) is 7.54. The molecule has 2 N–H and O–H groups in total. The molecule has 0 radical (unpaired) electrons. The molecule has 0 saturated carbocycles. The first kappa shape index (κ1) is 13.1. The molecule has 1 amide bonds. The van der Waals surface area contributed by atoms with Crippen LogP contribution in [0.5, 0.6) is 0 Å². The number of hydrogen-bond acceptors (Lipinski definition) is 2. The molecule has 3 heteroatoms. The fourth-order valence-corrected chi connectivity index (χ4v) is 2.70. The second kappa shape index (κ2) is 5.11. The predicted octanol–water partition coefficient (Wildman–Crippen LogP) is 2.34. The van der Waals surface area contributed by atoms with Gasteiger partial charge in [0.05, 0.1) is 5.54 Å². The van der Waals surface area contributed by atoms with Crippen LogP contribution in [0.15, 0.2) is 24.3 Å². The lowest BCUT2D eigenvalue weighted by molar-refractivity contribution is 0.0402. The number of amides is 1. The average molecular weight is 246 g/mol. The fraction of sp³-hybridized carbons (Fsp3) is 0.533. The Morgan fingerprint density at radius 1 is 1.39 bits per heavy atom. The molecule has 1 aliphatic heterocycles. The van der Waals surface area contributed by atoms with Gasteiger partial charge in [0.1, 0.15) is 0 Å². The fourth-order valence-electron chi connectivity index (χ4n) is 2.70. The van der Waals surface area contributed by atoms with Crippen LogP contribution >= 0.6 is 0 Å². The highest BCUT2D eigenvalue weighted by atomic mass is 16.2. The molecule has 1 atom stereocenters. The van der Waals surface area contributed by atoms with Crippen molar-refractivity contribution in [1.82, 2.24) is 4.90 Å². The maximum absolute atomic E-state index is 12.7. The van der Waals surface area contributed by atoms with Crippen LogP contribution in [-0.4, -0.2) is 29.4 Å². The lowest BCUT2D eigenvalue weighted by Gasteiger charge is -2.44. The van der Waals surface area contributed by atoms with Crippen molar-refractivity contribution < 1.29 is 4.79 Å². The minimum atomic E-state index is -0.183. The number of nitrogens with two attached hydrogens (primary N) is 1. The maximum Gasteiger partial charge on any atom is 0.254 e. The summed E-state index contributed by atoms with van der Waals surface area (Å²) in [7, 11) is 0. The molecule has 18 heavy (non-hydrogen) atoms. The Morgan fingerprint density at radius 2 is 2.11 bits per heavy atom. The van der Waals surface area contributed by atoms with Crippen molar-refractivity contribution in [2.45, 2.75) is 38.6 Å².